The molecule has 0 saturated heterocycles. The molecule has 0 bridgehead atoms. The van der Waals surface area contributed by atoms with Gasteiger partial charge in [0.1, 0.15) is 0 Å². The van der Waals surface area contributed by atoms with Crippen LogP contribution in [0, 0.1) is 11.3 Å². The van der Waals surface area contributed by atoms with Crippen molar-refractivity contribution < 1.29 is 4.79 Å². The average molecular weight is 285 g/mol. The second kappa shape index (κ2) is 5.57. The molecule has 2 atom stereocenters. The molecule has 0 radical (unpaired) electrons. The van der Waals surface area contributed by atoms with Gasteiger partial charge in [-0.05, 0) is 48.8 Å². The molecule has 1 N–H and O–H groups in total. The van der Waals surface area contributed by atoms with E-state index in [0.717, 1.165) is 11.5 Å². The first-order chi connectivity index (χ1) is 9.92. The topological polar surface area (TPSA) is 29.1 Å². The molecule has 21 heavy (non-hydrogen) atoms. The maximum Gasteiger partial charge on any atom is 0.163 e. The molecular formula is C19H27NO. The van der Waals surface area contributed by atoms with Crippen LogP contribution in [0.2, 0.25) is 0 Å². The largest absolute Gasteiger partial charge is 0.313 e. The van der Waals surface area contributed by atoms with Crippen LogP contribution >= 0.6 is 0 Å². The van der Waals surface area contributed by atoms with Crippen molar-refractivity contribution in [2.45, 2.75) is 58.4 Å². The molecule has 0 aromatic heterocycles. The molecular weight excluding hydrogens is 258 g/mol. The predicted octanol–water partition coefficient (Wildman–Crippen LogP) is 4.16. The fraction of sp³-hybridized carbons (Fsp3) is 0.632. The van der Waals surface area contributed by atoms with Crippen LogP contribution in [0.5, 0.6) is 0 Å². The minimum Gasteiger partial charge on any atom is -0.313 e. The quantitative estimate of drug-likeness (QED) is 0.795. The Morgan fingerprint density at radius 3 is 2.71 bits per heavy atom. The van der Waals surface area contributed by atoms with Crippen LogP contribution in [0.1, 0.15) is 68.3 Å². The van der Waals surface area contributed by atoms with E-state index in [0.29, 0.717) is 18.4 Å². The highest BCUT2D eigenvalue weighted by atomic mass is 16.1. The van der Waals surface area contributed by atoms with E-state index in [4.69, 9.17) is 0 Å². The van der Waals surface area contributed by atoms with E-state index in [1.54, 1.807) is 0 Å². The summed E-state index contributed by atoms with van der Waals surface area (Å²) in [5.41, 5.74) is 2.28. The standard InChI is InChI=1S/C19H27NO/c1-19(2,3)11-18(21)15-6-4-5-14(9-15)16-10-17(16)20-12-13-7-8-13/h4-6,9,13,16-17,20H,7-8,10-12H2,1-3H3. The highest BCUT2D eigenvalue weighted by Gasteiger charge is 2.39. The number of hydrogen-bond donors (Lipinski definition) is 1. The number of carbonyl (C=O) groups is 1. The van der Waals surface area contributed by atoms with Crippen LogP contribution in [0.15, 0.2) is 24.3 Å². The van der Waals surface area contributed by atoms with Crippen LogP contribution in [0.25, 0.3) is 0 Å². The van der Waals surface area contributed by atoms with Gasteiger partial charge in [-0.3, -0.25) is 4.79 Å². The molecule has 2 nitrogen and oxygen atoms in total. The van der Waals surface area contributed by atoms with Crippen molar-refractivity contribution >= 4 is 5.78 Å². The van der Waals surface area contributed by atoms with E-state index in [2.05, 4.69) is 38.2 Å². The van der Waals surface area contributed by atoms with Gasteiger partial charge < -0.3 is 5.32 Å². The number of Topliss-reactive ketones (excluding diaryl/α,β-unsaturated/α-hetero) is 1. The third kappa shape index (κ3) is 4.16. The number of hydrogen-bond acceptors (Lipinski definition) is 2. The van der Waals surface area contributed by atoms with Gasteiger partial charge in [-0.1, -0.05) is 39.0 Å². The maximum absolute atomic E-state index is 12.3. The monoisotopic (exact) mass is 285 g/mol. The molecule has 0 aliphatic heterocycles. The predicted molar refractivity (Wildman–Crippen MR) is 86.7 cm³/mol. The summed E-state index contributed by atoms with van der Waals surface area (Å²) in [5, 5.41) is 3.67. The SMILES string of the molecule is CC(C)(C)CC(=O)c1cccc(C2CC2NCC2CC2)c1. The molecule has 2 aliphatic rings. The first-order valence-corrected chi connectivity index (χ1v) is 8.29. The van der Waals surface area contributed by atoms with Crippen molar-refractivity contribution in [3.8, 4) is 0 Å². The smallest absolute Gasteiger partial charge is 0.163 e. The number of rotatable bonds is 6. The molecule has 2 aliphatic carbocycles. The van der Waals surface area contributed by atoms with Crippen LogP contribution in [-0.4, -0.2) is 18.4 Å². The Balaban J connectivity index is 1.59. The van der Waals surface area contributed by atoms with E-state index in [-0.39, 0.29) is 11.2 Å². The minimum atomic E-state index is 0.0566. The molecule has 114 valence electrons. The zero-order chi connectivity index (χ0) is 15.0. The van der Waals surface area contributed by atoms with Crippen molar-refractivity contribution in [2.24, 2.45) is 11.3 Å². The Labute approximate surface area is 128 Å². The van der Waals surface area contributed by atoms with Gasteiger partial charge in [0.15, 0.2) is 5.78 Å². The van der Waals surface area contributed by atoms with Crippen molar-refractivity contribution in [1.29, 1.82) is 0 Å². The van der Waals surface area contributed by atoms with Crippen LogP contribution in [0.3, 0.4) is 0 Å². The molecule has 0 amide bonds. The number of benzene rings is 1. The Morgan fingerprint density at radius 1 is 1.29 bits per heavy atom. The molecule has 2 fully saturated rings. The summed E-state index contributed by atoms with van der Waals surface area (Å²) in [6.45, 7) is 7.54. The average Bonchev–Trinajstić information content (AvgIpc) is 3.29. The van der Waals surface area contributed by atoms with Gasteiger partial charge in [-0.2, -0.15) is 0 Å². The summed E-state index contributed by atoms with van der Waals surface area (Å²) in [4.78, 5) is 12.3. The summed E-state index contributed by atoms with van der Waals surface area (Å²) in [6.07, 6.45) is 4.65. The molecule has 2 saturated carbocycles. The fourth-order valence-electron chi connectivity index (χ4n) is 2.96. The fourth-order valence-corrected chi connectivity index (χ4v) is 2.96. The Hall–Kier alpha value is -1.15. The lowest BCUT2D eigenvalue weighted by atomic mass is 9.87. The number of carbonyl (C=O) groups excluding carboxylic acids is 1. The van der Waals surface area contributed by atoms with Crippen LogP contribution in [-0.2, 0) is 0 Å². The van der Waals surface area contributed by atoms with Gasteiger partial charge in [-0.15, -0.1) is 0 Å². The lowest BCUT2D eigenvalue weighted by Gasteiger charge is -2.17. The maximum atomic E-state index is 12.3. The van der Waals surface area contributed by atoms with Crippen LogP contribution < -0.4 is 5.32 Å². The van der Waals surface area contributed by atoms with Crippen molar-refractivity contribution in [3.63, 3.8) is 0 Å². The number of nitrogens with one attached hydrogen (secondary N) is 1. The normalized spacial score (nSPS) is 24.9. The molecule has 1 aromatic rings. The molecule has 0 heterocycles. The van der Waals surface area contributed by atoms with E-state index in [9.17, 15) is 4.79 Å². The first-order valence-electron chi connectivity index (χ1n) is 8.29. The van der Waals surface area contributed by atoms with Crippen molar-refractivity contribution in [2.75, 3.05) is 6.54 Å². The number of ketones is 1. The second-order valence-electron chi connectivity index (χ2n) is 8.09. The van der Waals surface area contributed by atoms with Gasteiger partial charge in [0.25, 0.3) is 0 Å². The summed E-state index contributed by atoms with van der Waals surface area (Å²) in [6, 6.07) is 8.95. The summed E-state index contributed by atoms with van der Waals surface area (Å²) >= 11 is 0. The van der Waals surface area contributed by atoms with E-state index < -0.39 is 0 Å². The Morgan fingerprint density at radius 2 is 2.05 bits per heavy atom. The molecule has 3 rings (SSSR count). The van der Waals surface area contributed by atoms with Crippen LogP contribution in [0.4, 0.5) is 0 Å². The van der Waals surface area contributed by atoms with E-state index in [1.807, 2.05) is 12.1 Å². The molecule has 0 spiro atoms. The second-order valence-corrected chi connectivity index (χ2v) is 8.09. The van der Waals surface area contributed by atoms with E-state index in [1.165, 1.54) is 31.4 Å². The van der Waals surface area contributed by atoms with Gasteiger partial charge in [0, 0.05) is 23.9 Å². The lowest BCUT2D eigenvalue weighted by molar-refractivity contribution is 0.0940. The third-order valence-corrected chi connectivity index (χ3v) is 4.48. The van der Waals surface area contributed by atoms with Gasteiger partial charge in [-0.25, -0.2) is 0 Å². The van der Waals surface area contributed by atoms with E-state index >= 15 is 0 Å². The molecule has 2 unspecified atom stereocenters. The summed E-state index contributed by atoms with van der Waals surface area (Å²) < 4.78 is 0. The Bertz CT molecular complexity index is 525. The highest BCUT2D eigenvalue weighted by molar-refractivity contribution is 5.96. The van der Waals surface area contributed by atoms with Crippen molar-refractivity contribution in [3.05, 3.63) is 35.4 Å². The highest BCUT2D eigenvalue weighted by Crippen LogP contribution is 2.42. The summed E-state index contributed by atoms with van der Waals surface area (Å²) in [7, 11) is 0. The zero-order valence-corrected chi connectivity index (χ0v) is 13.5. The van der Waals surface area contributed by atoms with Gasteiger partial charge in [0.05, 0.1) is 0 Å². The Kier molecular flexibility index (Phi) is 3.92. The van der Waals surface area contributed by atoms with Gasteiger partial charge in [0.2, 0.25) is 0 Å². The molecule has 2 heteroatoms. The zero-order valence-electron chi connectivity index (χ0n) is 13.5. The van der Waals surface area contributed by atoms with Gasteiger partial charge >= 0.3 is 0 Å². The minimum absolute atomic E-state index is 0.0566. The van der Waals surface area contributed by atoms with Crippen molar-refractivity contribution in [1.82, 2.24) is 5.32 Å². The molecule has 1 aromatic carbocycles. The summed E-state index contributed by atoms with van der Waals surface area (Å²) in [5.74, 6) is 1.82. The lowest BCUT2D eigenvalue weighted by Crippen LogP contribution is -2.20. The first kappa shape index (κ1) is 14.8. The third-order valence-electron chi connectivity index (χ3n) is 4.48.